The van der Waals surface area contributed by atoms with Crippen LogP contribution < -0.4 is 4.52 Å². The van der Waals surface area contributed by atoms with Crippen molar-refractivity contribution in [1.82, 2.24) is 24.6 Å². The second kappa shape index (κ2) is 7.09. The number of aromatic nitrogens is 6. The fourth-order valence-electron chi connectivity index (χ4n) is 3.21. The topological polar surface area (TPSA) is 60.6 Å². The molecule has 28 heavy (non-hydrogen) atoms. The third-order valence-corrected chi connectivity index (χ3v) is 5.09. The van der Waals surface area contributed by atoms with Crippen LogP contribution in [0, 0.1) is 25.3 Å². The van der Waals surface area contributed by atoms with Gasteiger partial charge in [0, 0.05) is 31.9 Å². The van der Waals surface area contributed by atoms with Crippen molar-refractivity contribution in [3.63, 3.8) is 0 Å². The quantitative estimate of drug-likeness (QED) is 0.243. The number of rotatable bonds is 2. The number of nitrogens with zero attached hydrogens (tertiary/aromatic N) is 6. The van der Waals surface area contributed by atoms with Crippen molar-refractivity contribution in [3.05, 3.63) is 65.2 Å². The number of benzene rings is 1. The van der Waals surface area contributed by atoms with Crippen LogP contribution in [0.4, 0.5) is 4.39 Å². The van der Waals surface area contributed by atoms with Crippen LogP contribution >= 0.6 is 11.3 Å². The Morgan fingerprint density at radius 1 is 1.04 bits per heavy atom. The molecule has 5 aromatic rings. The maximum Gasteiger partial charge on any atom is 0.335 e. The normalized spacial score (nSPS) is 11.1. The predicted octanol–water partition coefficient (Wildman–Crippen LogP) is 3.23. The van der Waals surface area contributed by atoms with Crippen LogP contribution in [0.5, 0.6) is 0 Å². The zero-order chi connectivity index (χ0) is 18.5. The van der Waals surface area contributed by atoms with Gasteiger partial charge in [0.05, 0.1) is 10.5 Å². The van der Waals surface area contributed by atoms with Crippen LogP contribution in [0.25, 0.3) is 33.3 Å². The Morgan fingerprint density at radius 2 is 1.82 bits per heavy atom. The molecule has 1 aromatic carbocycles. The summed E-state index contributed by atoms with van der Waals surface area (Å²) in [5.74, 6) is 0.571. The number of para-hydroxylation sites is 1. The Labute approximate surface area is 177 Å². The van der Waals surface area contributed by atoms with Crippen LogP contribution in [-0.4, -0.2) is 24.6 Å². The molecule has 0 aliphatic rings. The van der Waals surface area contributed by atoms with Gasteiger partial charge >= 0.3 is 5.65 Å². The number of thiazole rings is 1. The largest absolute Gasteiger partial charge is 0.370 e. The van der Waals surface area contributed by atoms with Gasteiger partial charge in [-0.2, -0.15) is 9.07 Å². The van der Waals surface area contributed by atoms with Gasteiger partial charge in [0.2, 0.25) is 5.82 Å². The minimum Gasteiger partial charge on any atom is -0.370 e. The SMILES string of the molecule is Cc1cccc(C)c1-n1c(-c2[c-]nc3sc(F)nc3n2)nc2cccc[n+]21.[Ir]. The van der Waals surface area contributed by atoms with Gasteiger partial charge in [-0.25, -0.2) is 4.98 Å². The minimum absolute atomic E-state index is 0. The first kappa shape index (κ1) is 18.7. The molecule has 0 aliphatic carbocycles. The van der Waals surface area contributed by atoms with E-state index in [0.717, 1.165) is 33.8 Å². The fourth-order valence-corrected chi connectivity index (χ4v) is 3.77. The summed E-state index contributed by atoms with van der Waals surface area (Å²) >= 11 is 0.851. The molecule has 4 heterocycles. The molecule has 1 radical (unpaired) electrons. The van der Waals surface area contributed by atoms with E-state index >= 15 is 0 Å². The first-order chi connectivity index (χ1) is 13.1. The first-order valence-electron chi connectivity index (χ1n) is 8.30. The third-order valence-electron chi connectivity index (χ3n) is 4.37. The molecule has 141 valence electrons. The molecule has 0 saturated heterocycles. The fraction of sp³-hybridized carbons (Fsp3) is 0.105. The van der Waals surface area contributed by atoms with E-state index in [1.165, 1.54) is 0 Å². The Balaban J connectivity index is 0.00000192. The van der Waals surface area contributed by atoms with Crippen LogP contribution in [0.3, 0.4) is 0 Å². The van der Waals surface area contributed by atoms with E-state index < -0.39 is 5.26 Å². The average molecular weight is 569 g/mol. The molecular weight excluding hydrogens is 556 g/mol. The number of halogens is 1. The predicted molar refractivity (Wildman–Crippen MR) is 99.2 cm³/mol. The summed E-state index contributed by atoms with van der Waals surface area (Å²) in [4.78, 5) is 17.6. The van der Waals surface area contributed by atoms with Gasteiger partial charge in [0.25, 0.3) is 5.26 Å². The van der Waals surface area contributed by atoms with Crippen LogP contribution in [0.1, 0.15) is 11.1 Å². The smallest absolute Gasteiger partial charge is 0.335 e. The molecular formula is C19H13FIrN6S. The van der Waals surface area contributed by atoms with Crippen molar-refractivity contribution >= 4 is 27.5 Å². The number of fused-ring (bicyclic) bond motifs is 2. The van der Waals surface area contributed by atoms with Gasteiger partial charge in [0.15, 0.2) is 0 Å². The van der Waals surface area contributed by atoms with E-state index in [1.54, 1.807) is 0 Å². The summed E-state index contributed by atoms with van der Waals surface area (Å²) in [6.07, 6.45) is 4.83. The Bertz CT molecular complexity index is 1310. The summed E-state index contributed by atoms with van der Waals surface area (Å²) in [7, 11) is 0. The number of aryl methyl sites for hydroxylation is 2. The molecule has 0 N–H and O–H groups in total. The van der Waals surface area contributed by atoms with E-state index in [-0.39, 0.29) is 25.8 Å². The van der Waals surface area contributed by atoms with Crippen LogP contribution in [0.15, 0.2) is 42.6 Å². The van der Waals surface area contributed by atoms with E-state index in [2.05, 4.69) is 47.1 Å². The van der Waals surface area contributed by atoms with Crippen molar-refractivity contribution in [1.29, 1.82) is 0 Å². The van der Waals surface area contributed by atoms with Gasteiger partial charge in [-0.05, 0) is 37.2 Å². The molecule has 0 fully saturated rings. The number of hydrogen-bond acceptors (Lipinski definition) is 5. The molecule has 0 saturated carbocycles. The minimum atomic E-state index is -0.562. The van der Waals surface area contributed by atoms with Crippen molar-refractivity contribution < 1.29 is 29.0 Å². The van der Waals surface area contributed by atoms with E-state index in [0.29, 0.717) is 16.3 Å². The third kappa shape index (κ3) is 2.92. The summed E-state index contributed by atoms with van der Waals surface area (Å²) in [6, 6.07) is 11.9. The second-order valence-corrected chi connectivity index (χ2v) is 7.10. The second-order valence-electron chi connectivity index (χ2n) is 6.17. The van der Waals surface area contributed by atoms with Gasteiger partial charge in [0.1, 0.15) is 11.8 Å². The number of hydrogen-bond donors (Lipinski definition) is 0. The van der Waals surface area contributed by atoms with Crippen molar-refractivity contribution in [2.45, 2.75) is 13.8 Å². The van der Waals surface area contributed by atoms with Crippen LogP contribution in [0.2, 0.25) is 0 Å². The zero-order valence-electron chi connectivity index (χ0n) is 14.8. The Morgan fingerprint density at radius 3 is 2.61 bits per heavy atom. The van der Waals surface area contributed by atoms with Gasteiger partial charge in [-0.15, -0.1) is 15.9 Å². The molecule has 0 atom stereocenters. The number of pyridine rings is 1. The maximum absolute atomic E-state index is 13.5. The van der Waals surface area contributed by atoms with Gasteiger partial charge < -0.3 is 4.98 Å². The molecule has 0 bridgehead atoms. The Hall–Kier alpha value is -2.61. The summed E-state index contributed by atoms with van der Waals surface area (Å²) < 4.78 is 17.4. The molecule has 0 spiro atoms. The first-order valence-corrected chi connectivity index (χ1v) is 9.11. The zero-order valence-corrected chi connectivity index (χ0v) is 18.1. The van der Waals surface area contributed by atoms with Crippen molar-refractivity contribution in [2.24, 2.45) is 0 Å². The van der Waals surface area contributed by atoms with E-state index in [4.69, 9.17) is 4.98 Å². The molecule has 0 unspecified atom stereocenters. The molecule has 6 nitrogen and oxygen atoms in total. The van der Waals surface area contributed by atoms with Gasteiger partial charge in [-0.3, -0.25) is 4.98 Å². The molecule has 5 rings (SSSR count). The average Bonchev–Trinajstić information content (AvgIpc) is 3.21. The van der Waals surface area contributed by atoms with E-state index in [1.807, 2.05) is 39.7 Å². The molecule has 9 heteroatoms. The summed E-state index contributed by atoms with van der Waals surface area (Å²) in [5.41, 5.74) is 4.64. The summed E-state index contributed by atoms with van der Waals surface area (Å²) in [5, 5.41) is -0.562. The standard InChI is InChI=1S/C19H13FN6S.Ir/c1-11-6-5-7-12(2)15(11)26-17(23-14-8-3-4-9-25(14)26)13-10-21-18-16(22-13)24-19(20)27-18;/h3-9H,1-2H3;. The molecule has 4 aromatic heterocycles. The monoisotopic (exact) mass is 569 g/mol. The van der Waals surface area contributed by atoms with Gasteiger partial charge in [-0.1, -0.05) is 29.2 Å². The van der Waals surface area contributed by atoms with Crippen molar-refractivity contribution in [2.75, 3.05) is 0 Å². The van der Waals surface area contributed by atoms with Crippen molar-refractivity contribution in [3.8, 4) is 17.2 Å². The van der Waals surface area contributed by atoms with E-state index in [9.17, 15) is 4.39 Å². The summed E-state index contributed by atoms with van der Waals surface area (Å²) in [6.45, 7) is 4.10. The van der Waals surface area contributed by atoms with Crippen LogP contribution in [-0.2, 0) is 20.1 Å². The molecule has 0 aliphatic heterocycles. The molecule has 0 amide bonds. The Kier molecular flexibility index (Phi) is 4.74. The maximum atomic E-state index is 13.5.